The Morgan fingerprint density at radius 2 is 2.22 bits per heavy atom. The van der Waals surface area contributed by atoms with Gasteiger partial charge in [0.05, 0.1) is 11.4 Å². The van der Waals surface area contributed by atoms with Crippen molar-refractivity contribution in [1.82, 2.24) is 20.4 Å². The van der Waals surface area contributed by atoms with Crippen molar-refractivity contribution < 1.29 is 4.79 Å². The number of anilines is 1. The van der Waals surface area contributed by atoms with Crippen LogP contribution in [0, 0.1) is 12.8 Å². The molecule has 100 valence electrons. The summed E-state index contributed by atoms with van der Waals surface area (Å²) in [6.45, 7) is 4.71. The quantitative estimate of drug-likeness (QED) is 0.724. The van der Waals surface area contributed by atoms with E-state index < -0.39 is 0 Å². The van der Waals surface area contributed by atoms with Crippen LogP contribution in [0.1, 0.15) is 29.0 Å². The second-order valence-corrected chi connectivity index (χ2v) is 5.07. The van der Waals surface area contributed by atoms with Gasteiger partial charge in [0.1, 0.15) is 0 Å². The van der Waals surface area contributed by atoms with Crippen molar-refractivity contribution in [2.24, 2.45) is 5.92 Å². The summed E-state index contributed by atoms with van der Waals surface area (Å²) < 4.78 is 0. The molecule has 0 aliphatic carbocycles. The molecule has 0 radical (unpaired) electrons. The van der Waals surface area contributed by atoms with Gasteiger partial charge in [0.25, 0.3) is 5.91 Å². The largest absolute Gasteiger partial charge is 0.395 e. The molecule has 2 rings (SSSR count). The van der Waals surface area contributed by atoms with Gasteiger partial charge in [0.15, 0.2) is 5.69 Å². The van der Waals surface area contributed by atoms with Crippen molar-refractivity contribution in [3.63, 3.8) is 0 Å². The van der Waals surface area contributed by atoms with Gasteiger partial charge in [-0.2, -0.15) is 5.10 Å². The molecular weight excluding hydrogens is 230 g/mol. The van der Waals surface area contributed by atoms with Crippen LogP contribution in [0.4, 0.5) is 5.69 Å². The lowest BCUT2D eigenvalue weighted by Gasteiger charge is -2.28. The fourth-order valence-corrected chi connectivity index (χ4v) is 2.20. The van der Waals surface area contributed by atoms with Gasteiger partial charge in [-0.05, 0) is 45.8 Å². The lowest BCUT2D eigenvalue weighted by atomic mass is 9.97. The Kier molecular flexibility index (Phi) is 3.86. The molecule has 1 aliphatic heterocycles. The summed E-state index contributed by atoms with van der Waals surface area (Å²) in [5.41, 5.74) is 7.25. The van der Waals surface area contributed by atoms with E-state index in [9.17, 15) is 4.79 Å². The number of nitrogens with zero attached hydrogens (tertiary/aromatic N) is 2. The van der Waals surface area contributed by atoms with Gasteiger partial charge in [-0.15, -0.1) is 0 Å². The maximum absolute atomic E-state index is 11.9. The van der Waals surface area contributed by atoms with E-state index in [0.717, 1.165) is 31.6 Å². The maximum Gasteiger partial charge on any atom is 0.273 e. The van der Waals surface area contributed by atoms with Crippen molar-refractivity contribution >= 4 is 11.6 Å². The molecule has 0 atom stereocenters. The second kappa shape index (κ2) is 5.39. The minimum atomic E-state index is -0.184. The number of aromatic nitrogens is 2. The van der Waals surface area contributed by atoms with E-state index in [2.05, 4.69) is 27.5 Å². The number of carbonyl (C=O) groups excluding carboxylic acids is 1. The number of nitrogen functional groups attached to an aromatic ring is 1. The van der Waals surface area contributed by atoms with Crippen LogP contribution in [0.3, 0.4) is 0 Å². The summed E-state index contributed by atoms with van der Waals surface area (Å²) in [7, 11) is 2.13. The number of carbonyl (C=O) groups is 1. The van der Waals surface area contributed by atoms with Crippen LogP contribution in [0.15, 0.2) is 0 Å². The van der Waals surface area contributed by atoms with Gasteiger partial charge in [0.2, 0.25) is 0 Å². The summed E-state index contributed by atoms with van der Waals surface area (Å²) in [5.74, 6) is 0.377. The van der Waals surface area contributed by atoms with Gasteiger partial charge >= 0.3 is 0 Å². The van der Waals surface area contributed by atoms with Gasteiger partial charge in [0, 0.05) is 6.54 Å². The van der Waals surface area contributed by atoms with Crippen molar-refractivity contribution in [3.05, 3.63) is 11.4 Å². The fourth-order valence-electron chi connectivity index (χ4n) is 2.20. The zero-order chi connectivity index (χ0) is 13.1. The molecule has 1 fully saturated rings. The Labute approximate surface area is 107 Å². The number of aromatic amines is 1. The Morgan fingerprint density at radius 3 is 2.78 bits per heavy atom. The fraction of sp³-hybridized carbons (Fsp3) is 0.667. The highest BCUT2D eigenvalue weighted by Gasteiger charge is 2.19. The third-order valence-corrected chi connectivity index (χ3v) is 3.60. The lowest BCUT2D eigenvalue weighted by molar-refractivity contribution is 0.0935. The van der Waals surface area contributed by atoms with Gasteiger partial charge in [-0.1, -0.05) is 0 Å². The summed E-state index contributed by atoms with van der Waals surface area (Å²) in [6, 6.07) is 0. The predicted molar refractivity (Wildman–Crippen MR) is 70.3 cm³/mol. The highest BCUT2D eigenvalue weighted by atomic mass is 16.1. The zero-order valence-corrected chi connectivity index (χ0v) is 11.0. The predicted octanol–water partition coefficient (Wildman–Crippen LogP) is 0.372. The number of hydrogen-bond acceptors (Lipinski definition) is 4. The normalized spacial score (nSPS) is 17.9. The Morgan fingerprint density at radius 1 is 1.56 bits per heavy atom. The summed E-state index contributed by atoms with van der Waals surface area (Å²) in [5, 5.41) is 9.56. The van der Waals surface area contributed by atoms with Crippen molar-refractivity contribution in [3.8, 4) is 0 Å². The first-order chi connectivity index (χ1) is 8.58. The minimum absolute atomic E-state index is 0.184. The summed E-state index contributed by atoms with van der Waals surface area (Å²) in [6.07, 6.45) is 2.26. The number of H-pyrrole nitrogens is 1. The molecule has 1 aliphatic rings. The van der Waals surface area contributed by atoms with Crippen LogP contribution in [-0.4, -0.2) is 47.7 Å². The molecule has 2 heterocycles. The van der Waals surface area contributed by atoms with E-state index in [1.165, 1.54) is 0 Å². The highest BCUT2D eigenvalue weighted by Crippen LogP contribution is 2.16. The van der Waals surface area contributed by atoms with Crippen LogP contribution in [0.5, 0.6) is 0 Å². The molecule has 0 bridgehead atoms. The number of nitrogens with two attached hydrogens (primary N) is 1. The Bertz CT molecular complexity index is 420. The van der Waals surface area contributed by atoms with Crippen LogP contribution in [-0.2, 0) is 0 Å². The monoisotopic (exact) mass is 251 g/mol. The molecule has 1 amide bonds. The molecule has 0 spiro atoms. The lowest BCUT2D eigenvalue weighted by Crippen LogP contribution is -2.37. The van der Waals surface area contributed by atoms with E-state index in [1.807, 2.05) is 0 Å². The van der Waals surface area contributed by atoms with Crippen molar-refractivity contribution in [2.75, 3.05) is 32.4 Å². The zero-order valence-electron chi connectivity index (χ0n) is 11.0. The van der Waals surface area contributed by atoms with E-state index >= 15 is 0 Å². The average molecular weight is 251 g/mol. The first-order valence-corrected chi connectivity index (χ1v) is 6.35. The van der Waals surface area contributed by atoms with E-state index in [-0.39, 0.29) is 5.91 Å². The second-order valence-electron chi connectivity index (χ2n) is 5.07. The topological polar surface area (TPSA) is 87.0 Å². The molecule has 1 saturated heterocycles. The first kappa shape index (κ1) is 12.9. The highest BCUT2D eigenvalue weighted by molar-refractivity contribution is 5.97. The van der Waals surface area contributed by atoms with Crippen molar-refractivity contribution in [2.45, 2.75) is 19.8 Å². The van der Waals surface area contributed by atoms with Crippen LogP contribution >= 0.6 is 0 Å². The number of rotatable bonds is 3. The third kappa shape index (κ3) is 2.81. The number of amides is 1. The summed E-state index contributed by atoms with van der Waals surface area (Å²) in [4.78, 5) is 14.2. The van der Waals surface area contributed by atoms with E-state index in [1.54, 1.807) is 6.92 Å². The third-order valence-electron chi connectivity index (χ3n) is 3.60. The molecule has 0 unspecified atom stereocenters. The Hall–Kier alpha value is -1.56. The molecule has 6 heteroatoms. The number of piperidine rings is 1. The van der Waals surface area contributed by atoms with E-state index in [0.29, 0.717) is 23.8 Å². The standard InChI is InChI=1S/C12H21N5O/c1-8-10(13)11(16-15-8)12(18)14-7-9-3-5-17(2)6-4-9/h9H,3-7,13H2,1-2H3,(H,14,18)(H,15,16). The molecule has 6 nitrogen and oxygen atoms in total. The first-order valence-electron chi connectivity index (χ1n) is 6.35. The van der Waals surface area contributed by atoms with Gasteiger partial charge in [-0.3, -0.25) is 9.89 Å². The molecule has 4 N–H and O–H groups in total. The molecule has 0 saturated carbocycles. The molecule has 1 aromatic heterocycles. The van der Waals surface area contributed by atoms with Crippen molar-refractivity contribution in [1.29, 1.82) is 0 Å². The number of hydrogen-bond donors (Lipinski definition) is 3. The molecule has 0 aromatic carbocycles. The summed E-state index contributed by atoms with van der Waals surface area (Å²) >= 11 is 0. The molecule has 1 aromatic rings. The van der Waals surface area contributed by atoms with Crippen LogP contribution in [0.2, 0.25) is 0 Å². The minimum Gasteiger partial charge on any atom is -0.395 e. The average Bonchev–Trinajstić information content (AvgIpc) is 2.69. The maximum atomic E-state index is 11.9. The SMILES string of the molecule is Cc1[nH]nc(C(=O)NCC2CCN(C)CC2)c1N. The number of aryl methyl sites for hydroxylation is 1. The molecular formula is C12H21N5O. The number of nitrogens with one attached hydrogen (secondary N) is 2. The van der Waals surface area contributed by atoms with Crippen LogP contribution in [0.25, 0.3) is 0 Å². The van der Waals surface area contributed by atoms with Crippen LogP contribution < -0.4 is 11.1 Å². The van der Waals surface area contributed by atoms with Gasteiger partial charge < -0.3 is 16.0 Å². The molecule has 18 heavy (non-hydrogen) atoms. The van der Waals surface area contributed by atoms with Gasteiger partial charge in [-0.25, -0.2) is 0 Å². The number of likely N-dealkylation sites (tertiary alicyclic amines) is 1. The smallest absolute Gasteiger partial charge is 0.273 e. The Balaban J connectivity index is 1.83. The van der Waals surface area contributed by atoms with E-state index in [4.69, 9.17) is 5.73 Å².